The van der Waals surface area contributed by atoms with E-state index in [1.54, 1.807) is 20.2 Å². The van der Waals surface area contributed by atoms with E-state index in [4.69, 9.17) is 11.6 Å². The number of hydrogen-bond donors (Lipinski definition) is 1. The fourth-order valence-corrected chi connectivity index (χ4v) is 3.98. The lowest BCUT2D eigenvalue weighted by molar-refractivity contribution is -0.133. The predicted molar refractivity (Wildman–Crippen MR) is 123 cm³/mol. The topological polar surface area (TPSA) is 70.5 Å². The lowest BCUT2D eigenvalue weighted by atomic mass is 9.85. The van der Waals surface area contributed by atoms with Gasteiger partial charge in [0.05, 0.1) is 10.7 Å². The van der Waals surface area contributed by atoms with E-state index in [0.29, 0.717) is 24.5 Å². The summed E-state index contributed by atoms with van der Waals surface area (Å²) in [4.78, 5) is 34.4. The minimum atomic E-state index is -0.720. The number of likely N-dealkylation sites (N-methyl/N-ethyl adjacent to an activating group) is 1. The van der Waals surface area contributed by atoms with Crippen LogP contribution in [0.3, 0.4) is 0 Å². The lowest BCUT2D eigenvalue weighted by Gasteiger charge is -2.32. The maximum atomic E-state index is 14.2. The van der Waals surface area contributed by atoms with Gasteiger partial charge in [0.15, 0.2) is 5.69 Å². The van der Waals surface area contributed by atoms with Crippen LogP contribution in [0.5, 0.6) is 0 Å². The highest BCUT2D eigenvalue weighted by atomic mass is 35.5. The lowest BCUT2D eigenvalue weighted by Crippen LogP contribution is -2.53. The summed E-state index contributed by atoms with van der Waals surface area (Å²) in [5.74, 6) is -0.627. The minimum absolute atomic E-state index is 0.0318. The van der Waals surface area contributed by atoms with Crippen molar-refractivity contribution in [1.82, 2.24) is 24.7 Å². The summed E-state index contributed by atoms with van der Waals surface area (Å²) < 4.78 is 16.1. The third-order valence-corrected chi connectivity index (χ3v) is 5.94. The molecule has 174 valence electrons. The average Bonchev–Trinajstić information content (AvgIpc) is 2.93. The van der Waals surface area contributed by atoms with E-state index in [1.165, 1.54) is 17.0 Å². The molecule has 1 aliphatic heterocycles. The van der Waals surface area contributed by atoms with Crippen LogP contribution in [0.15, 0.2) is 18.2 Å². The smallest absolute Gasteiger partial charge is 0.272 e. The van der Waals surface area contributed by atoms with Crippen LogP contribution in [0.4, 0.5) is 4.39 Å². The third kappa shape index (κ3) is 4.96. The average molecular weight is 464 g/mol. The number of aromatic nitrogens is 2. The van der Waals surface area contributed by atoms with Crippen LogP contribution in [0.2, 0.25) is 5.02 Å². The van der Waals surface area contributed by atoms with Crippen molar-refractivity contribution in [1.29, 1.82) is 0 Å². The number of amides is 2. The molecule has 0 unspecified atom stereocenters. The van der Waals surface area contributed by atoms with E-state index >= 15 is 0 Å². The van der Waals surface area contributed by atoms with Crippen molar-refractivity contribution in [3.8, 4) is 11.4 Å². The van der Waals surface area contributed by atoms with Gasteiger partial charge in [-0.1, -0.05) is 32.4 Å². The summed E-state index contributed by atoms with van der Waals surface area (Å²) in [6.07, 6.45) is 0.869. The zero-order valence-corrected chi connectivity index (χ0v) is 20.3. The van der Waals surface area contributed by atoms with E-state index in [0.717, 1.165) is 18.7 Å². The van der Waals surface area contributed by atoms with E-state index in [-0.39, 0.29) is 16.6 Å². The summed E-state index contributed by atoms with van der Waals surface area (Å²) in [5, 5.41) is 2.94. The fraction of sp³-hybridized carbons (Fsp3) is 0.522. The molecule has 9 heteroatoms. The van der Waals surface area contributed by atoms with E-state index in [2.05, 4.69) is 15.2 Å². The fourth-order valence-electron chi connectivity index (χ4n) is 3.86. The molecule has 0 spiro atoms. The predicted octanol–water partition coefficient (Wildman–Crippen LogP) is 3.41. The highest BCUT2D eigenvalue weighted by molar-refractivity contribution is 6.30. The monoisotopic (exact) mass is 463 g/mol. The number of benzene rings is 1. The van der Waals surface area contributed by atoms with Gasteiger partial charge < -0.3 is 19.7 Å². The largest absolute Gasteiger partial charge is 0.347 e. The molecule has 1 aromatic heterocycles. The van der Waals surface area contributed by atoms with Crippen molar-refractivity contribution in [3.05, 3.63) is 40.4 Å². The van der Waals surface area contributed by atoms with Crippen molar-refractivity contribution in [2.24, 2.45) is 5.41 Å². The minimum Gasteiger partial charge on any atom is -0.347 e. The summed E-state index contributed by atoms with van der Waals surface area (Å²) in [5.41, 5.74) is 1.06. The Morgan fingerprint density at radius 2 is 1.94 bits per heavy atom. The van der Waals surface area contributed by atoms with Crippen LogP contribution < -0.4 is 5.32 Å². The summed E-state index contributed by atoms with van der Waals surface area (Å²) in [6, 6.07) is 3.80. The molecule has 3 rings (SSSR count). The SMILES string of the molecule is CN1CCCn2c(-c3ccc(Cl)c(F)c3)nc(C(=O)N[C@H](C(=O)N(C)C)C(C)(C)C)c2C1. The van der Waals surface area contributed by atoms with Gasteiger partial charge in [0.25, 0.3) is 5.91 Å². The molecule has 1 aromatic carbocycles. The van der Waals surface area contributed by atoms with Gasteiger partial charge in [-0.3, -0.25) is 9.59 Å². The standard InChI is InChI=1S/C23H31ClFN5O2/c1-23(2,3)19(22(32)28(4)5)27-21(31)18-17-13-29(6)10-7-11-30(17)20(26-18)14-8-9-15(24)16(25)12-14/h8-9,12,19H,7,10-11,13H2,1-6H3,(H,27,31)/t19-/m1/s1. The second kappa shape index (κ2) is 9.19. The molecule has 1 atom stereocenters. The van der Waals surface area contributed by atoms with Gasteiger partial charge in [-0.2, -0.15) is 0 Å². The number of carbonyl (C=O) groups excluding carboxylic acids is 2. The molecular weight excluding hydrogens is 433 g/mol. The van der Waals surface area contributed by atoms with Gasteiger partial charge in [0.1, 0.15) is 17.7 Å². The first-order valence-electron chi connectivity index (χ1n) is 10.7. The molecule has 32 heavy (non-hydrogen) atoms. The molecule has 1 N–H and O–H groups in total. The first-order valence-corrected chi connectivity index (χ1v) is 11.0. The van der Waals surface area contributed by atoms with Crippen molar-refractivity contribution < 1.29 is 14.0 Å². The molecule has 1 aliphatic rings. The summed E-state index contributed by atoms with van der Waals surface area (Å²) in [7, 11) is 5.32. The van der Waals surface area contributed by atoms with Crippen LogP contribution in [0, 0.1) is 11.2 Å². The maximum absolute atomic E-state index is 14.2. The highest BCUT2D eigenvalue weighted by Crippen LogP contribution is 2.29. The molecule has 2 aromatic rings. The summed E-state index contributed by atoms with van der Waals surface area (Å²) >= 11 is 5.86. The zero-order valence-electron chi connectivity index (χ0n) is 19.5. The van der Waals surface area contributed by atoms with E-state index in [9.17, 15) is 14.0 Å². The number of imidazole rings is 1. The Kier molecular flexibility index (Phi) is 6.95. The molecule has 0 saturated carbocycles. The third-order valence-electron chi connectivity index (χ3n) is 5.64. The second-order valence-electron chi connectivity index (χ2n) is 9.61. The van der Waals surface area contributed by atoms with Crippen LogP contribution in [0.25, 0.3) is 11.4 Å². The highest BCUT2D eigenvalue weighted by Gasteiger charge is 2.36. The molecule has 2 heterocycles. The van der Waals surface area contributed by atoms with Gasteiger partial charge in [0, 0.05) is 32.7 Å². The van der Waals surface area contributed by atoms with Crippen molar-refractivity contribution in [3.63, 3.8) is 0 Å². The van der Waals surface area contributed by atoms with Crippen LogP contribution in [-0.2, 0) is 17.9 Å². The number of nitrogens with one attached hydrogen (secondary N) is 1. The van der Waals surface area contributed by atoms with Crippen LogP contribution in [0.1, 0.15) is 43.4 Å². The molecule has 0 radical (unpaired) electrons. The summed E-state index contributed by atoms with van der Waals surface area (Å²) in [6.45, 7) is 7.75. The molecule has 7 nitrogen and oxygen atoms in total. The van der Waals surface area contributed by atoms with Crippen molar-refractivity contribution in [2.45, 2.75) is 46.3 Å². The van der Waals surface area contributed by atoms with Crippen LogP contribution >= 0.6 is 11.6 Å². The molecule has 0 fully saturated rings. The quantitative estimate of drug-likeness (QED) is 0.754. The number of halogens is 2. The number of rotatable bonds is 4. The van der Waals surface area contributed by atoms with Gasteiger partial charge in [-0.25, -0.2) is 9.37 Å². The Morgan fingerprint density at radius 1 is 1.25 bits per heavy atom. The Hall–Kier alpha value is -2.45. The normalized spacial score (nSPS) is 15.6. The van der Waals surface area contributed by atoms with Gasteiger partial charge in [-0.05, 0) is 43.6 Å². The number of fused-ring (bicyclic) bond motifs is 1. The zero-order chi connectivity index (χ0) is 23.8. The molecule has 0 aliphatic carbocycles. The number of carbonyl (C=O) groups is 2. The molecular formula is C23H31ClFN5O2. The maximum Gasteiger partial charge on any atom is 0.272 e. The Morgan fingerprint density at radius 3 is 2.53 bits per heavy atom. The Labute approximate surface area is 193 Å². The van der Waals surface area contributed by atoms with Crippen molar-refractivity contribution in [2.75, 3.05) is 27.7 Å². The van der Waals surface area contributed by atoms with Gasteiger partial charge in [0.2, 0.25) is 5.91 Å². The molecule has 0 saturated heterocycles. The Balaban J connectivity index is 2.07. The number of hydrogen-bond acceptors (Lipinski definition) is 4. The van der Waals surface area contributed by atoms with Crippen LogP contribution in [-0.4, -0.2) is 64.9 Å². The first-order chi connectivity index (χ1) is 14.9. The second-order valence-corrected chi connectivity index (χ2v) is 10.0. The van der Waals surface area contributed by atoms with E-state index < -0.39 is 23.2 Å². The van der Waals surface area contributed by atoms with Crippen molar-refractivity contribution >= 4 is 23.4 Å². The molecule has 2 amide bonds. The van der Waals surface area contributed by atoms with E-state index in [1.807, 2.05) is 32.4 Å². The first kappa shape index (κ1) is 24.2. The number of nitrogens with zero attached hydrogens (tertiary/aromatic N) is 4. The Bertz CT molecular complexity index is 1030. The van der Waals surface area contributed by atoms with Gasteiger partial charge >= 0.3 is 0 Å². The van der Waals surface area contributed by atoms with Gasteiger partial charge in [-0.15, -0.1) is 0 Å². The molecule has 0 bridgehead atoms.